The minimum absolute atomic E-state index is 0.0403. The largest absolute Gasteiger partial charge is 0.436 e. The van der Waals surface area contributed by atoms with Crippen LogP contribution in [0.5, 0.6) is 11.6 Å². The Morgan fingerprint density at radius 1 is 1.30 bits per heavy atom. The highest BCUT2D eigenvalue weighted by atomic mass is 19.1. The molecule has 1 aromatic carbocycles. The molecule has 2 amide bonds. The van der Waals surface area contributed by atoms with Crippen LogP contribution in [0.3, 0.4) is 0 Å². The van der Waals surface area contributed by atoms with Crippen LogP contribution in [0.25, 0.3) is 0 Å². The number of nitrogens with one attached hydrogen (secondary N) is 2. The van der Waals surface area contributed by atoms with Gasteiger partial charge in [0.15, 0.2) is 11.6 Å². The fourth-order valence-electron chi connectivity index (χ4n) is 2.67. The van der Waals surface area contributed by atoms with Crippen molar-refractivity contribution >= 4 is 11.8 Å². The lowest BCUT2D eigenvalue weighted by Crippen LogP contribution is -2.47. The fraction of sp³-hybridized carbons (Fsp3) is 0.350. The van der Waals surface area contributed by atoms with Crippen molar-refractivity contribution in [1.29, 1.82) is 0 Å². The molecule has 0 radical (unpaired) electrons. The molecule has 0 spiro atoms. The number of aromatic nitrogens is 1. The van der Waals surface area contributed by atoms with Crippen LogP contribution in [-0.2, 0) is 16.1 Å². The molecule has 1 aromatic heterocycles. The Morgan fingerprint density at radius 2 is 2.07 bits per heavy atom. The number of hydrogen-bond acceptors (Lipinski definition) is 4. The maximum absolute atomic E-state index is 13.7. The Morgan fingerprint density at radius 3 is 2.78 bits per heavy atom. The summed E-state index contributed by atoms with van der Waals surface area (Å²) in [6, 6.07) is 8.82. The van der Waals surface area contributed by atoms with Crippen molar-refractivity contribution in [3.63, 3.8) is 0 Å². The summed E-state index contributed by atoms with van der Waals surface area (Å²) in [5.74, 6) is -0.450. The number of rotatable bonds is 7. The molecule has 1 unspecified atom stereocenters. The van der Waals surface area contributed by atoms with Gasteiger partial charge in [-0.2, -0.15) is 0 Å². The van der Waals surface area contributed by atoms with Gasteiger partial charge in [0.1, 0.15) is 6.04 Å². The van der Waals surface area contributed by atoms with Crippen LogP contribution >= 0.6 is 0 Å². The van der Waals surface area contributed by atoms with E-state index >= 15 is 0 Å². The molecule has 3 rings (SSSR count). The van der Waals surface area contributed by atoms with E-state index in [1.165, 1.54) is 18.3 Å². The number of nitrogens with zero attached hydrogens (tertiary/aromatic N) is 1. The predicted octanol–water partition coefficient (Wildman–Crippen LogP) is 2.93. The lowest BCUT2D eigenvalue weighted by Gasteiger charge is -2.25. The molecule has 0 saturated heterocycles. The molecular formula is C20H22FN3O3. The molecule has 2 aromatic rings. The van der Waals surface area contributed by atoms with Crippen LogP contribution in [0.4, 0.5) is 4.39 Å². The second-order valence-electron chi connectivity index (χ2n) is 6.61. The van der Waals surface area contributed by atoms with Crippen molar-refractivity contribution in [2.24, 2.45) is 5.92 Å². The molecular weight excluding hydrogens is 349 g/mol. The molecule has 0 bridgehead atoms. The first-order valence-corrected chi connectivity index (χ1v) is 8.98. The maximum atomic E-state index is 13.7. The maximum Gasteiger partial charge on any atom is 0.242 e. The third-order valence-corrected chi connectivity index (χ3v) is 4.55. The topological polar surface area (TPSA) is 80.3 Å². The van der Waals surface area contributed by atoms with Crippen LogP contribution in [-0.4, -0.2) is 22.8 Å². The first-order chi connectivity index (χ1) is 13.0. The van der Waals surface area contributed by atoms with E-state index in [0.717, 1.165) is 24.8 Å². The van der Waals surface area contributed by atoms with Gasteiger partial charge in [-0.05, 0) is 43.5 Å². The van der Waals surface area contributed by atoms with Crippen LogP contribution in [0.1, 0.15) is 31.7 Å². The number of hydrogen-bond donors (Lipinski definition) is 2. The zero-order valence-corrected chi connectivity index (χ0v) is 15.1. The zero-order chi connectivity index (χ0) is 19.2. The summed E-state index contributed by atoms with van der Waals surface area (Å²) in [6.45, 7) is 1.91. The third kappa shape index (κ3) is 5.03. The first kappa shape index (κ1) is 18.8. The van der Waals surface area contributed by atoms with Crippen molar-refractivity contribution < 1.29 is 18.7 Å². The number of halogens is 1. The molecule has 7 heteroatoms. The molecule has 1 fully saturated rings. The minimum atomic E-state index is -0.603. The summed E-state index contributed by atoms with van der Waals surface area (Å²) < 4.78 is 19.1. The van der Waals surface area contributed by atoms with E-state index in [9.17, 15) is 14.0 Å². The Labute approximate surface area is 157 Å². The van der Waals surface area contributed by atoms with Crippen molar-refractivity contribution in [2.75, 3.05) is 0 Å². The van der Waals surface area contributed by atoms with Gasteiger partial charge in [-0.1, -0.05) is 18.6 Å². The number of benzene rings is 1. The van der Waals surface area contributed by atoms with Crippen molar-refractivity contribution in [1.82, 2.24) is 15.6 Å². The van der Waals surface area contributed by atoms with E-state index in [2.05, 4.69) is 15.6 Å². The molecule has 1 aliphatic carbocycles. The standard InChI is InChI=1S/C20H22FN3O3/c1-13(24-20(26)15-5-4-6-15)19(25)23-12-14-9-10-22-18(11-14)27-17-8-3-2-7-16(17)21/h2-3,7-11,13,15H,4-6,12H2,1H3,(H,23,25)(H,24,26). The van der Waals surface area contributed by atoms with Gasteiger partial charge in [0, 0.05) is 24.7 Å². The van der Waals surface area contributed by atoms with Gasteiger partial charge in [0.2, 0.25) is 17.7 Å². The number of ether oxygens (including phenoxy) is 1. The van der Waals surface area contributed by atoms with Gasteiger partial charge >= 0.3 is 0 Å². The number of carbonyl (C=O) groups excluding carboxylic acids is 2. The first-order valence-electron chi connectivity index (χ1n) is 8.98. The summed E-state index contributed by atoms with van der Waals surface area (Å²) in [5, 5.41) is 5.51. The summed E-state index contributed by atoms with van der Waals surface area (Å²) >= 11 is 0. The SMILES string of the molecule is CC(NC(=O)C1CCC1)C(=O)NCc1ccnc(Oc2ccccc2F)c1. The van der Waals surface area contributed by atoms with Gasteiger partial charge in [-0.15, -0.1) is 0 Å². The van der Waals surface area contributed by atoms with Crippen LogP contribution < -0.4 is 15.4 Å². The van der Waals surface area contributed by atoms with E-state index in [-0.39, 0.29) is 35.9 Å². The summed E-state index contributed by atoms with van der Waals surface area (Å²) in [5.41, 5.74) is 0.752. The lowest BCUT2D eigenvalue weighted by molar-refractivity contribution is -0.132. The van der Waals surface area contributed by atoms with Crippen LogP contribution in [0, 0.1) is 11.7 Å². The summed E-state index contributed by atoms with van der Waals surface area (Å²) in [6.07, 6.45) is 4.38. The second-order valence-corrected chi connectivity index (χ2v) is 6.61. The average Bonchev–Trinajstić information content (AvgIpc) is 2.60. The van der Waals surface area contributed by atoms with E-state index in [0.29, 0.717) is 0 Å². The Balaban J connectivity index is 1.52. The number of amides is 2. The van der Waals surface area contributed by atoms with E-state index in [4.69, 9.17) is 4.74 Å². The highest BCUT2D eigenvalue weighted by Gasteiger charge is 2.27. The minimum Gasteiger partial charge on any atom is -0.436 e. The quantitative estimate of drug-likeness (QED) is 0.784. The molecule has 1 heterocycles. The van der Waals surface area contributed by atoms with E-state index in [1.807, 2.05) is 0 Å². The van der Waals surface area contributed by atoms with Gasteiger partial charge in [-0.3, -0.25) is 9.59 Å². The molecule has 142 valence electrons. The summed E-state index contributed by atoms with van der Waals surface area (Å²) in [7, 11) is 0. The van der Waals surface area contributed by atoms with E-state index in [1.54, 1.807) is 31.2 Å². The second kappa shape index (κ2) is 8.62. The molecule has 6 nitrogen and oxygen atoms in total. The van der Waals surface area contributed by atoms with Gasteiger partial charge in [-0.25, -0.2) is 9.37 Å². The predicted molar refractivity (Wildman–Crippen MR) is 97.5 cm³/mol. The smallest absolute Gasteiger partial charge is 0.242 e. The van der Waals surface area contributed by atoms with Gasteiger partial charge in [0.25, 0.3) is 0 Å². The molecule has 1 atom stereocenters. The van der Waals surface area contributed by atoms with Gasteiger partial charge < -0.3 is 15.4 Å². The van der Waals surface area contributed by atoms with Crippen molar-refractivity contribution in [3.05, 3.63) is 54.0 Å². The van der Waals surface area contributed by atoms with Crippen LogP contribution in [0.2, 0.25) is 0 Å². The monoisotopic (exact) mass is 371 g/mol. The molecule has 1 saturated carbocycles. The lowest BCUT2D eigenvalue weighted by atomic mass is 9.84. The summed E-state index contributed by atoms with van der Waals surface area (Å²) in [4.78, 5) is 28.1. The molecule has 1 aliphatic rings. The molecule has 2 N–H and O–H groups in total. The highest BCUT2D eigenvalue weighted by Crippen LogP contribution is 2.26. The molecule has 0 aliphatic heterocycles. The third-order valence-electron chi connectivity index (χ3n) is 4.55. The van der Waals surface area contributed by atoms with E-state index < -0.39 is 11.9 Å². The average molecular weight is 371 g/mol. The fourth-order valence-corrected chi connectivity index (χ4v) is 2.67. The number of carbonyl (C=O) groups is 2. The zero-order valence-electron chi connectivity index (χ0n) is 15.1. The highest BCUT2D eigenvalue weighted by molar-refractivity contribution is 5.88. The van der Waals surface area contributed by atoms with Crippen molar-refractivity contribution in [3.8, 4) is 11.6 Å². The number of pyridine rings is 1. The van der Waals surface area contributed by atoms with Gasteiger partial charge in [0.05, 0.1) is 0 Å². The van der Waals surface area contributed by atoms with Crippen LogP contribution in [0.15, 0.2) is 42.6 Å². The Hall–Kier alpha value is -2.96. The van der Waals surface area contributed by atoms with Crippen molar-refractivity contribution in [2.45, 2.75) is 38.8 Å². The Bertz CT molecular complexity index is 824. The normalized spacial score (nSPS) is 14.7. The molecule has 27 heavy (non-hydrogen) atoms. The Kier molecular flexibility index (Phi) is 6.01. The number of para-hydroxylation sites is 1.